The third-order valence-corrected chi connectivity index (χ3v) is 7.23. The van der Waals surface area contributed by atoms with E-state index in [1.54, 1.807) is 39.8 Å². The number of anilines is 2. The van der Waals surface area contributed by atoms with Crippen molar-refractivity contribution in [3.05, 3.63) is 52.1 Å². The minimum absolute atomic E-state index is 0.0276. The first kappa shape index (κ1) is 19.7. The van der Waals surface area contributed by atoms with Crippen molar-refractivity contribution >= 4 is 48.9 Å². The highest BCUT2D eigenvalue weighted by Gasteiger charge is 2.22. The lowest BCUT2D eigenvalue weighted by Gasteiger charge is -2.16. The second kappa shape index (κ2) is 7.31. The van der Waals surface area contributed by atoms with Crippen molar-refractivity contribution in [1.82, 2.24) is 4.57 Å². The van der Waals surface area contributed by atoms with E-state index in [1.807, 2.05) is 13.8 Å². The van der Waals surface area contributed by atoms with E-state index in [-0.39, 0.29) is 21.7 Å². The van der Waals surface area contributed by atoms with Gasteiger partial charge in [-0.1, -0.05) is 11.3 Å². The fraction of sp³-hybridized carbons (Fsp3) is 0.300. The zero-order valence-corrected chi connectivity index (χ0v) is 17.7. The molecular formula is C20H21N3O4S2. The Kier molecular flexibility index (Phi) is 4.95. The molecular weight excluding hydrogens is 410 g/mol. The van der Waals surface area contributed by atoms with Gasteiger partial charge in [-0.05, 0) is 62.7 Å². The highest BCUT2D eigenvalue weighted by atomic mass is 32.2. The van der Waals surface area contributed by atoms with Crippen LogP contribution in [-0.4, -0.2) is 25.4 Å². The number of nitrogens with zero attached hydrogens (tertiary/aromatic N) is 2. The molecule has 0 radical (unpaired) electrons. The third kappa shape index (κ3) is 3.67. The number of fused-ring (bicyclic) bond motifs is 1. The maximum absolute atomic E-state index is 12.8. The van der Waals surface area contributed by atoms with Crippen LogP contribution in [0.15, 0.2) is 52.2 Å². The van der Waals surface area contributed by atoms with Crippen molar-refractivity contribution in [1.29, 1.82) is 0 Å². The summed E-state index contributed by atoms with van der Waals surface area (Å²) in [5.41, 5.74) is 1.89. The van der Waals surface area contributed by atoms with Gasteiger partial charge in [0.05, 0.1) is 20.8 Å². The maximum atomic E-state index is 12.8. The van der Waals surface area contributed by atoms with Crippen molar-refractivity contribution in [2.45, 2.75) is 37.6 Å². The molecule has 1 N–H and O–H groups in total. The summed E-state index contributed by atoms with van der Waals surface area (Å²) < 4.78 is 30.5. The minimum atomic E-state index is -3.79. The number of rotatable bonds is 5. The second-order valence-corrected chi connectivity index (χ2v) is 9.94. The van der Waals surface area contributed by atoms with Gasteiger partial charge in [0.15, 0.2) is 0 Å². The van der Waals surface area contributed by atoms with Gasteiger partial charge in [0.25, 0.3) is 10.0 Å². The molecule has 2 aromatic carbocycles. The Balaban J connectivity index is 1.60. The maximum Gasteiger partial charge on any atom is 0.308 e. The average Bonchev–Trinajstić information content (AvgIpc) is 3.23. The summed E-state index contributed by atoms with van der Waals surface area (Å²) in [5.74, 6) is 0.0550. The molecule has 1 saturated heterocycles. The molecule has 7 nitrogen and oxygen atoms in total. The van der Waals surface area contributed by atoms with Gasteiger partial charge in [-0.2, -0.15) is 0 Å². The van der Waals surface area contributed by atoms with Gasteiger partial charge >= 0.3 is 4.87 Å². The number of nitrogens with one attached hydrogen (secondary N) is 1. The smallest absolute Gasteiger partial charge is 0.308 e. The van der Waals surface area contributed by atoms with Gasteiger partial charge in [0.2, 0.25) is 5.91 Å². The summed E-state index contributed by atoms with van der Waals surface area (Å²) in [6.07, 6.45) is 1.34. The summed E-state index contributed by atoms with van der Waals surface area (Å²) in [7, 11) is -3.79. The predicted molar refractivity (Wildman–Crippen MR) is 115 cm³/mol. The normalized spacial score (nSPS) is 14.9. The minimum Gasteiger partial charge on any atom is -0.312 e. The Morgan fingerprint density at radius 2 is 1.79 bits per heavy atom. The molecule has 3 aromatic rings. The molecule has 0 unspecified atom stereocenters. The highest BCUT2D eigenvalue weighted by molar-refractivity contribution is 7.92. The monoisotopic (exact) mass is 431 g/mol. The Labute approximate surface area is 172 Å². The molecule has 0 atom stereocenters. The number of carbonyl (C=O) groups excluding carboxylic acids is 1. The number of aromatic nitrogens is 1. The van der Waals surface area contributed by atoms with Crippen molar-refractivity contribution in [3.8, 4) is 0 Å². The number of carbonyl (C=O) groups is 1. The van der Waals surface area contributed by atoms with Crippen LogP contribution in [0.3, 0.4) is 0 Å². The first-order chi connectivity index (χ1) is 13.8. The number of benzene rings is 2. The van der Waals surface area contributed by atoms with Crippen LogP contribution in [-0.2, 0) is 14.8 Å². The van der Waals surface area contributed by atoms with Crippen LogP contribution < -0.4 is 14.5 Å². The highest BCUT2D eigenvalue weighted by Crippen LogP contribution is 2.27. The van der Waals surface area contributed by atoms with Crippen LogP contribution in [0, 0.1) is 0 Å². The van der Waals surface area contributed by atoms with Crippen molar-refractivity contribution in [3.63, 3.8) is 0 Å². The standard InChI is InChI=1S/C20H21N3O4S2/c1-13(2)23-17-10-5-14(12-18(17)28-20(23)25)21-29(26,27)16-8-6-15(7-9-16)22-11-3-4-19(22)24/h5-10,12-13,21H,3-4,11H2,1-2H3. The molecule has 0 aliphatic carbocycles. The molecule has 2 heterocycles. The Bertz CT molecular complexity index is 1240. The third-order valence-electron chi connectivity index (χ3n) is 4.91. The molecule has 0 spiro atoms. The Hall–Kier alpha value is -2.65. The fourth-order valence-corrected chi connectivity index (χ4v) is 5.63. The molecule has 0 bridgehead atoms. The van der Waals surface area contributed by atoms with E-state index in [0.29, 0.717) is 24.3 Å². The summed E-state index contributed by atoms with van der Waals surface area (Å²) in [6, 6.07) is 11.4. The van der Waals surface area contributed by atoms with Crippen LogP contribution in [0.25, 0.3) is 10.2 Å². The van der Waals surface area contributed by atoms with Gasteiger partial charge in [-0.3, -0.25) is 18.9 Å². The van der Waals surface area contributed by atoms with Gasteiger partial charge in [-0.25, -0.2) is 8.42 Å². The van der Waals surface area contributed by atoms with E-state index >= 15 is 0 Å². The lowest BCUT2D eigenvalue weighted by molar-refractivity contribution is -0.117. The number of thiazole rings is 1. The second-order valence-electron chi connectivity index (χ2n) is 7.26. The first-order valence-corrected chi connectivity index (χ1v) is 11.6. The van der Waals surface area contributed by atoms with E-state index in [2.05, 4.69) is 4.72 Å². The molecule has 1 amide bonds. The van der Waals surface area contributed by atoms with Gasteiger partial charge in [0.1, 0.15) is 0 Å². The Morgan fingerprint density at radius 3 is 2.41 bits per heavy atom. The van der Waals surface area contributed by atoms with Crippen LogP contribution in [0.5, 0.6) is 0 Å². The summed E-state index contributed by atoms with van der Waals surface area (Å²) in [6.45, 7) is 4.52. The van der Waals surface area contributed by atoms with E-state index in [9.17, 15) is 18.0 Å². The topological polar surface area (TPSA) is 88.5 Å². The van der Waals surface area contributed by atoms with Gasteiger partial charge in [0, 0.05) is 24.7 Å². The number of hydrogen-bond acceptors (Lipinski definition) is 5. The largest absolute Gasteiger partial charge is 0.312 e. The van der Waals surface area contributed by atoms with Gasteiger partial charge in [-0.15, -0.1) is 0 Å². The lowest BCUT2D eigenvalue weighted by Crippen LogP contribution is -2.23. The van der Waals surface area contributed by atoms with Crippen LogP contribution in [0.2, 0.25) is 0 Å². The molecule has 1 aliphatic rings. The van der Waals surface area contributed by atoms with Crippen molar-refractivity contribution < 1.29 is 13.2 Å². The van der Waals surface area contributed by atoms with Crippen LogP contribution in [0.4, 0.5) is 11.4 Å². The first-order valence-electron chi connectivity index (χ1n) is 9.34. The molecule has 1 aliphatic heterocycles. The van der Waals surface area contributed by atoms with E-state index < -0.39 is 10.0 Å². The van der Waals surface area contributed by atoms with E-state index in [0.717, 1.165) is 28.0 Å². The van der Waals surface area contributed by atoms with Crippen molar-refractivity contribution in [2.24, 2.45) is 0 Å². The molecule has 29 heavy (non-hydrogen) atoms. The molecule has 152 valence electrons. The quantitative estimate of drug-likeness (QED) is 0.669. The Morgan fingerprint density at radius 1 is 1.07 bits per heavy atom. The summed E-state index contributed by atoms with van der Waals surface area (Å²) in [5, 5.41) is 0. The molecule has 1 fully saturated rings. The number of sulfonamides is 1. The zero-order valence-electron chi connectivity index (χ0n) is 16.1. The molecule has 1 aromatic heterocycles. The SMILES string of the molecule is CC(C)n1c(=O)sc2cc(NS(=O)(=O)c3ccc(N4CCCC4=O)cc3)ccc21. The summed E-state index contributed by atoms with van der Waals surface area (Å²) in [4.78, 5) is 25.7. The van der Waals surface area contributed by atoms with Crippen LogP contribution in [0.1, 0.15) is 32.7 Å². The number of hydrogen-bond donors (Lipinski definition) is 1. The van der Waals surface area contributed by atoms with Gasteiger partial charge < -0.3 is 4.90 Å². The zero-order chi connectivity index (χ0) is 20.8. The predicted octanol–water partition coefficient (Wildman–Crippen LogP) is 3.57. The van der Waals surface area contributed by atoms with Crippen molar-refractivity contribution in [2.75, 3.05) is 16.2 Å². The van der Waals surface area contributed by atoms with E-state index in [1.165, 1.54) is 12.1 Å². The van der Waals surface area contributed by atoms with E-state index in [4.69, 9.17) is 0 Å². The lowest BCUT2D eigenvalue weighted by atomic mass is 10.3. The average molecular weight is 432 g/mol. The van der Waals surface area contributed by atoms with Crippen LogP contribution >= 0.6 is 11.3 Å². The number of amides is 1. The molecule has 0 saturated carbocycles. The molecule has 4 rings (SSSR count). The fourth-order valence-electron chi connectivity index (χ4n) is 3.53. The molecule has 9 heteroatoms. The summed E-state index contributed by atoms with van der Waals surface area (Å²) >= 11 is 1.09.